The van der Waals surface area contributed by atoms with Crippen LogP contribution < -0.4 is 0 Å². The third-order valence-corrected chi connectivity index (χ3v) is 3.98. The lowest BCUT2D eigenvalue weighted by molar-refractivity contribution is 0.0690. The number of hydrogen-bond acceptors (Lipinski definition) is 3. The molecule has 2 rings (SSSR count). The van der Waals surface area contributed by atoms with Gasteiger partial charge in [0.1, 0.15) is 5.69 Å². The van der Waals surface area contributed by atoms with Crippen LogP contribution in [0.2, 0.25) is 0 Å². The van der Waals surface area contributed by atoms with Gasteiger partial charge in [0.15, 0.2) is 0 Å². The third kappa shape index (κ3) is 3.94. The minimum atomic E-state index is -1.14. The zero-order valence-electron chi connectivity index (χ0n) is 13.5. The first-order valence-corrected chi connectivity index (χ1v) is 7.41. The SMILES string of the molecule is Cc1ccccc1CC(C)N(C)C(=O)c1ccnc(C(=O)O)c1. The highest BCUT2D eigenvalue weighted by Gasteiger charge is 2.19. The quantitative estimate of drug-likeness (QED) is 0.921. The Morgan fingerprint density at radius 1 is 1.26 bits per heavy atom. The molecule has 0 bridgehead atoms. The normalized spacial score (nSPS) is 11.8. The molecule has 0 saturated carbocycles. The van der Waals surface area contributed by atoms with Crippen LogP contribution in [-0.4, -0.2) is 40.0 Å². The van der Waals surface area contributed by atoms with Crippen LogP contribution in [0.5, 0.6) is 0 Å². The number of aryl methyl sites for hydroxylation is 1. The first-order chi connectivity index (χ1) is 10.9. The fourth-order valence-corrected chi connectivity index (χ4v) is 2.38. The van der Waals surface area contributed by atoms with Crippen LogP contribution in [0.15, 0.2) is 42.6 Å². The molecule has 0 fully saturated rings. The summed E-state index contributed by atoms with van der Waals surface area (Å²) < 4.78 is 0. The summed E-state index contributed by atoms with van der Waals surface area (Å²) in [6.45, 7) is 4.02. The number of aromatic carboxylic acids is 1. The molecular formula is C18H20N2O3. The highest BCUT2D eigenvalue weighted by Crippen LogP contribution is 2.14. The van der Waals surface area contributed by atoms with Crippen molar-refractivity contribution in [1.29, 1.82) is 0 Å². The molecule has 2 aromatic rings. The Kier molecular flexibility index (Phi) is 5.11. The number of carbonyl (C=O) groups is 2. The second-order valence-corrected chi connectivity index (χ2v) is 5.63. The van der Waals surface area contributed by atoms with Gasteiger partial charge in [-0.1, -0.05) is 24.3 Å². The predicted molar refractivity (Wildman–Crippen MR) is 87.6 cm³/mol. The van der Waals surface area contributed by atoms with Crippen LogP contribution in [0.25, 0.3) is 0 Å². The van der Waals surface area contributed by atoms with Gasteiger partial charge in [-0.05, 0) is 43.5 Å². The maximum absolute atomic E-state index is 12.5. The summed E-state index contributed by atoms with van der Waals surface area (Å²) in [6.07, 6.45) is 2.09. The molecule has 5 nitrogen and oxygen atoms in total. The van der Waals surface area contributed by atoms with Crippen molar-refractivity contribution in [3.05, 3.63) is 65.0 Å². The standard InChI is InChI=1S/C18H20N2O3/c1-12-6-4-5-7-14(12)10-13(2)20(3)17(21)15-8-9-19-16(11-15)18(22)23/h4-9,11,13H,10H2,1-3H3,(H,22,23). The lowest BCUT2D eigenvalue weighted by Crippen LogP contribution is -2.36. The molecule has 1 aromatic heterocycles. The number of carboxylic acid groups (broad SMARTS) is 1. The maximum atomic E-state index is 12.5. The minimum Gasteiger partial charge on any atom is -0.477 e. The van der Waals surface area contributed by atoms with E-state index in [0.29, 0.717) is 5.56 Å². The lowest BCUT2D eigenvalue weighted by atomic mass is 10.0. The number of carbonyl (C=O) groups excluding carboxylic acids is 1. The molecule has 0 aliphatic carbocycles. The largest absolute Gasteiger partial charge is 0.477 e. The summed E-state index contributed by atoms with van der Waals surface area (Å²) in [5.74, 6) is -1.36. The summed E-state index contributed by atoms with van der Waals surface area (Å²) in [6, 6.07) is 10.9. The van der Waals surface area contributed by atoms with Gasteiger partial charge >= 0.3 is 5.97 Å². The monoisotopic (exact) mass is 312 g/mol. The average Bonchev–Trinajstić information content (AvgIpc) is 2.55. The molecule has 1 heterocycles. The lowest BCUT2D eigenvalue weighted by Gasteiger charge is -2.25. The third-order valence-electron chi connectivity index (χ3n) is 3.98. The fraction of sp³-hybridized carbons (Fsp3) is 0.278. The smallest absolute Gasteiger partial charge is 0.354 e. The number of nitrogens with zero attached hydrogens (tertiary/aromatic N) is 2. The van der Waals surface area contributed by atoms with Gasteiger partial charge in [0.05, 0.1) is 0 Å². The Hall–Kier alpha value is -2.69. The average molecular weight is 312 g/mol. The molecule has 0 spiro atoms. The van der Waals surface area contributed by atoms with E-state index in [9.17, 15) is 9.59 Å². The van der Waals surface area contributed by atoms with Crippen molar-refractivity contribution in [2.75, 3.05) is 7.05 Å². The van der Waals surface area contributed by atoms with Gasteiger partial charge in [0.2, 0.25) is 0 Å². The zero-order chi connectivity index (χ0) is 17.0. The summed E-state index contributed by atoms with van der Waals surface area (Å²) in [4.78, 5) is 28.9. The molecule has 0 radical (unpaired) electrons. The number of carboxylic acids is 1. The van der Waals surface area contributed by atoms with E-state index in [2.05, 4.69) is 11.1 Å². The number of rotatable bonds is 5. The zero-order valence-corrected chi connectivity index (χ0v) is 13.5. The molecule has 23 heavy (non-hydrogen) atoms. The second-order valence-electron chi connectivity index (χ2n) is 5.63. The molecule has 0 aliphatic rings. The van der Waals surface area contributed by atoms with Crippen LogP contribution in [0, 0.1) is 6.92 Å². The van der Waals surface area contributed by atoms with E-state index in [1.165, 1.54) is 29.5 Å². The van der Waals surface area contributed by atoms with Crippen LogP contribution in [-0.2, 0) is 6.42 Å². The van der Waals surface area contributed by atoms with Gasteiger partial charge in [0.25, 0.3) is 5.91 Å². The Bertz CT molecular complexity index is 728. The van der Waals surface area contributed by atoms with Crippen molar-refractivity contribution in [2.45, 2.75) is 26.3 Å². The second kappa shape index (κ2) is 7.05. The Labute approximate surface area is 135 Å². The molecule has 1 atom stereocenters. The number of benzene rings is 1. The van der Waals surface area contributed by atoms with E-state index < -0.39 is 5.97 Å². The van der Waals surface area contributed by atoms with Crippen LogP contribution in [0.4, 0.5) is 0 Å². The first kappa shape index (κ1) is 16.7. The van der Waals surface area contributed by atoms with Crippen molar-refractivity contribution in [1.82, 2.24) is 9.88 Å². The van der Waals surface area contributed by atoms with Gasteiger partial charge in [-0.3, -0.25) is 4.79 Å². The highest BCUT2D eigenvalue weighted by atomic mass is 16.4. The molecule has 1 N–H and O–H groups in total. The topological polar surface area (TPSA) is 70.5 Å². The van der Waals surface area contributed by atoms with E-state index in [0.717, 1.165) is 6.42 Å². The van der Waals surface area contributed by atoms with Crippen molar-refractivity contribution in [2.24, 2.45) is 0 Å². The van der Waals surface area contributed by atoms with E-state index >= 15 is 0 Å². The minimum absolute atomic E-state index is 0.00922. The van der Waals surface area contributed by atoms with Gasteiger partial charge in [-0.25, -0.2) is 9.78 Å². The molecule has 1 unspecified atom stereocenters. The number of hydrogen-bond donors (Lipinski definition) is 1. The highest BCUT2D eigenvalue weighted by molar-refractivity contribution is 5.96. The molecular weight excluding hydrogens is 292 g/mol. The summed E-state index contributed by atoms with van der Waals surface area (Å²) in [7, 11) is 1.73. The first-order valence-electron chi connectivity index (χ1n) is 7.41. The summed E-state index contributed by atoms with van der Waals surface area (Å²) in [5, 5.41) is 8.98. The molecule has 5 heteroatoms. The molecule has 0 aliphatic heterocycles. The molecule has 1 amide bonds. The maximum Gasteiger partial charge on any atom is 0.354 e. The number of amides is 1. The Morgan fingerprint density at radius 2 is 1.96 bits per heavy atom. The molecule has 0 saturated heterocycles. The van der Waals surface area contributed by atoms with E-state index in [4.69, 9.17) is 5.11 Å². The Morgan fingerprint density at radius 3 is 2.61 bits per heavy atom. The van der Waals surface area contributed by atoms with E-state index in [-0.39, 0.29) is 17.6 Å². The fourth-order valence-electron chi connectivity index (χ4n) is 2.38. The van der Waals surface area contributed by atoms with Crippen molar-refractivity contribution >= 4 is 11.9 Å². The van der Waals surface area contributed by atoms with Gasteiger partial charge < -0.3 is 10.0 Å². The van der Waals surface area contributed by atoms with E-state index in [1.807, 2.05) is 32.0 Å². The van der Waals surface area contributed by atoms with E-state index in [1.54, 1.807) is 11.9 Å². The van der Waals surface area contributed by atoms with Crippen molar-refractivity contribution in [3.8, 4) is 0 Å². The summed E-state index contributed by atoms with van der Waals surface area (Å²) >= 11 is 0. The van der Waals surface area contributed by atoms with Crippen LogP contribution in [0.1, 0.15) is 38.9 Å². The van der Waals surface area contributed by atoms with Gasteiger partial charge in [0, 0.05) is 24.8 Å². The van der Waals surface area contributed by atoms with Crippen LogP contribution in [0.3, 0.4) is 0 Å². The predicted octanol–water partition coefficient (Wildman–Crippen LogP) is 2.79. The van der Waals surface area contributed by atoms with Crippen molar-refractivity contribution < 1.29 is 14.7 Å². The number of aromatic nitrogens is 1. The van der Waals surface area contributed by atoms with Gasteiger partial charge in [-0.15, -0.1) is 0 Å². The van der Waals surface area contributed by atoms with Gasteiger partial charge in [-0.2, -0.15) is 0 Å². The Balaban J connectivity index is 2.14. The summed E-state index contributed by atoms with van der Waals surface area (Å²) in [5.41, 5.74) is 2.59. The van der Waals surface area contributed by atoms with Crippen LogP contribution >= 0.6 is 0 Å². The molecule has 1 aromatic carbocycles. The number of likely N-dealkylation sites (N-methyl/N-ethyl adjacent to an activating group) is 1. The number of pyridine rings is 1. The van der Waals surface area contributed by atoms with Crippen molar-refractivity contribution in [3.63, 3.8) is 0 Å². The molecule has 120 valence electrons.